The molecule has 0 saturated heterocycles. The van der Waals surface area contributed by atoms with Gasteiger partial charge in [-0.15, -0.1) is 0 Å². The first-order chi connectivity index (χ1) is 10.1. The van der Waals surface area contributed by atoms with Gasteiger partial charge in [0.25, 0.3) is 5.91 Å². The number of hydrogen-bond donors (Lipinski definition) is 1. The lowest BCUT2D eigenvalue weighted by Crippen LogP contribution is -2.12. The third-order valence-corrected chi connectivity index (χ3v) is 3.17. The Morgan fingerprint density at radius 2 is 2.00 bits per heavy atom. The molecule has 3 nitrogen and oxygen atoms in total. The van der Waals surface area contributed by atoms with Gasteiger partial charge in [0, 0.05) is 5.56 Å². The summed E-state index contributed by atoms with van der Waals surface area (Å²) in [6, 6.07) is 12.4. The summed E-state index contributed by atoms with van der Waals surface area (Å²) >= 11 is 6.10. The normalized spacial score (nSPS) is 10.0. The van der Waals surface area contributed by atoms with Crippen LogP contribution in [-0.2, 0) is 0 Å². The van der Waals surface area contributed by atoms with Gasteiger partial charge in [0.15, 0.2) is 0 Å². The Morgan fingerprint density at radius 1 is 1.29 bits per heavy atom. The molecule has 0 aromatic heterocycles. The molecule has 0 saturated carbocycles. The standard InChI is InChI=1S/C17H16ClNO2/c1-3-10-21-14-7-5-13(6-8-14)17(20)19-16-9-4-12(2)11-15(16)18/h3-9,11H,1,10H2,2H3,(H,19,20). The second kappa shape index (κ2) is 6.95. The van der Waals surface area contributed by atoms with Gasteiger partial charge in [0.1, 0.15) is 12.4 Å². The van der Waals surface area contributed by atoms with Crippen LogP contribution in [0.15, 0.2) is 55.1 Å². The Labute approximate surface area is 129 Å². The maximum atomic E-state index is 12.1. The highest BCUT2D eigenvalue weighted by Gasteiger charge is 2.08. The summed E-state index contributed by atoms with van der Waals surface area (Å²) in [5.41, 5.74) is 2.18. The van der Waals surface area contributed by atoms with E-state index in [9.17, 15) is 4.79 Å². The van der Waals surface area contributed by atoms with Crippen LogP contribution in [0.25, 0.3) is 0 Å². The van der Waals surface area contributed by atoms with Gasteiger partial charge in [-0.1, -0.05) is 30.3 Å². The zero-order chi connectivity index (χ0) is 15.2. The molecular weight excluding hydrogens is 286 g/mol. The van der Waals surface area contributed by atoms with E-state index in [1.54, 1.807) is 36.4 Å². The van der Waals surface area contributed by atoms with E-state index in [1.165, 1.54) is 0 Å². The van der Waals surface area contributed by atoms with Crippen LogP contribution in [0.2, 0.25) is 5.02 Å². The highest BCUT2D eigenvalue weighted by Crippen LogP contribution is 2.23. The molecule has 2 aromatic rings. The lowest BCUT2D eigenvalue weighted by Gasteiger charge is -2.09. The number of hydrogen-bond acceptors (Lipinski definition) is 2. The third-order valence-electron chi connectivity index (χ3n) is 2.86. The molecule has 4 heteroatoms. The molecule has 0 bridgehead atoms. The van der Waals surface area contributed by atoms with Gasteiger partial charge < -0.3 is 10.1 Å². The molecule has 108 valence electrons. The fourth-order valence-corrected chi connectivity index (χ4v) is 2.06. The molecule has 21 heavy (non-hydrogen) atoms. The first-order valence-corrected chi connectivity index (χ1v) is 6.89. The van der Waals surface area contributed by atoms with Gasteiger partial charge in [-0.2, -0.15) is 0 Å². The highest BCUT2D eigenvalue weighted by atomic mass is 35.5. The maximum Gasteiger partial charge on any atom is 0.255 e. The number of nitrogens with one attached hydrogen (secondary N) is 1. The maximum absolute atomic E-state index is 12.1. The van der Waals surface area contributed by atoms with E-state index in [0.717, 1.165) is 5.56 Å². The van der Waals surface area contributed by atoms with Crippen molar-refractivity contribution in [2.24, 2.45) is 0 Å². The molecule has 0 aliphatic heterocycles. The van der Waals surface area contributed by atoms with Crippen molar-refractivity contribution >= 4 is 23.2 Å². The van der Waals surface area contributed by atoms with E-state index in [4.69, 9.17) is 16.3 Å². The topological polar surface area (TPSA) is 38.3 Å². The number of carbonyl (C=O) groups is 1. The number of halogens is 1. The molecule has 0 heterocycles. The minimum Gasteiger partial charge on any atom is -0.490 e. The molecular formula is C17H16ClNO2. The van der Waals surface area contributed by atoms with Crippen molar-refractivity contribution in [1.82, 2.24) is 0 Å². The van der Waals surface area contributed by atoms with E-state index in [1.807, 2.05) is 19.1 Å². The van der Waals surface area contributed by atoms with Crippen molar-refractivity contribution in [3.8, 4) is 5.75 Å². The molecule has 0 aliphatic carbocycles. The van der Waals surface area contributed by atoms with Gasteiger partial charge in [-0.25, -0.2) is 0 Å². The second-order valence-corrected chi connectivity index (χ2v) is 4.97. The summed E-state index contributed by atoms with van der Waals surface area (Å²) in [5, 5.41) is 3.31. The van der Waals surface area contributed by atoms with Crippen LogP contribution in [0, 0.1) is 6.92 Å². The van der Waals surface area contributed by atoms with E-state index < -0.39 is 0 Å². The molecule has 1 N–H and O–H groups in total. The molecule has 0 unspecified atom stereocenters. The molecule has 0 atom stereocenters. The highest BCUT2D eigenvalue weighted by molar-refractivity contribution is 6.34. The van der Waals surface area contributed by atoms with Crippen molar-refractivity contribution in [3.05, 3.63) is 71.3 Å². The Balaban J connectivity index is 2.07. The summed E-state index contributed by atoms with van der Waals surface area (Å²) in [4.78, 5) is 12.1. The van der Waals surface area contributed by atoms with Crippen LogP contribution in [0.4, 0.5) is 5.69 Å². The molecule has 2 rings (SSSR count). The smallest absolute Gasteiger partial charge is 0.255 e. The van der Waals surface area contributed by atoms with Gasteiger partial charge in [0.2, 0.25) is 0 Å². The fourth-order valence-electron chi connectivity index (χ4n) is 1.77. The first-order valence-electron chi connectivity index (χ1n) is 6.51. The lowest BCUT2D eigenvalue weighted by molar-refractivity contribution is 0.102. The number of ether oxygens (including phenoxy) is 1. The average Bonchev–Trinajstić information content (AvgIpc) is 2.48. The largest absolute Gasteiger partial charge is 0.490 e. The number of amides is 1. The summed E-state index contributed by atoms with van der Waals surface area (Å²) in [7, 11) is 0. The van der Waals surface area contributed by atoms with E-state index in [0.29, 0.717) is 28.6 Å². The predicted molar refractivity (Wildman–Crippen MR) is 86.3 cm³/mol. The van der Waals surface area contributed by atoms with E-state index in [-0.39, 0.29) is 5.91 Å². The Kier molecular flexibility index (Phi) is 5.01. The lowest BCUT2D eigenvalue weighted by atomic mass is 10.2. The Hall–Kier alpha value is -2.26. The number of rotatable bonds is 5. The van der Waals surface area contributed by atoms with Gasteiger partial charge in [0.05, 0.1) is 10.7 Å². The molecule has 0 fully saturated rings. The Bertz CT molecular complexity index is 650. The average molecular weight is 302 g/mol. The molecule has 0 spiro atoms. The molecule has 2 aromatic carbocycles. The van der Waals surface area contributed by atoms with Crippen LogP contribution in [0.3, 0.4) is 0 Å². The van der Waals surface area contributed by atoms with Crippen molar-refractivity contribution in [3.63, 3.8) is 0 Å². The second-order valence-electron chi connectivity index (χ2n) is 4.56. The molecule has 1 amide bonds. The minimum absolute atomic E-state index is 0.212. The Morgan fingerprint density at radius 3 is 2.62 bits per heavy atom. The number of benzene rings is 2. The van der Waals surface area contributed by atoms with Crippen LogP contribution in [0.5, 0.6) is 5.75 Å². The van der Waals surface area contributed by atoms with Gasteiger partial charge in [-0.3, -0.25) is 4.79 Å². The number of carbonyl (C=O) groups excluding carboxylic acids is 1. The van der Waals surface area contributed by atoms with Crippen LogP contribution < -0.4 is 10.1 Å². The summed E-state index contributed by atoms with van der Waals surface area (Å²) in [6.07, 6.45) is 1.67. The van der Waals surface area contributed by atoms with Crippen LogP contribution in [0.1, 0.15) is 15.9 Å². The summed E-state index contributed by atoms with van der Waals surface area (Å²) in [6.45, 7) is 5.96. The first kappa shape index (κ1) is 15.1. The molecule has 0 aliphatic rings. The zero-order valence-corrected chi connectivity index (χ0v) is 12.5. The third kappa shape index (κ3) is 4.10. The number of aryl methyl sites for hydroxylation is 1. The van der Waals surface area contributed by atoms with E-state index >= 15 is 0 Å². The predicted octanol–water partition coefficient (Wildman–Crippen LogP) is 4.47. The van der Waals surface area contributed by atoms with Crippen LogP contribution >= 0.6 is 11.6 Å². The van der Waals surface area contributed by atoms with Crippen LogP contribution in [-0.4, -0.2) is 12.5 Å². The van der Waals surface area contributed by atoms with Gasteiger partial charge >= 0.3 is 0 Å². The fraction of sp³-hybridized carbons (Fsp3) is 0.118. The number of anilines is 1. The van der Waals surface area contributed by atoms with Crippen molar-refractivity contribution < 1.29 is 9.53 Å². The van der Waals surface area contributed by atoms with E-state index in [2.05, 4.69) is 11.9 Å². The summed E-state index contributed by atoms with van der Waals surface area (Å²) in [5.74, 6) is 0.482. The SMILES string of the molecule is C=CCOc1ccc(C(=O)Nc2ccc(C)cc2Cl)cc1. The summed E-state index contributed by atoms with van der Waals surface area (Å²) < 4.78 is 5.37. The molecule has 0 radical (unpaired) electrons. The quantitative estimate of drug-likeness (QED) is 0.828. The minimum atomic E-state index is -0.212. The van der Waals surface area contributed by atoms with Crippen molar-refractivity contribution in [1.29, 1.82) is 0 Å². The van der Waals surface area contributed by atoms with Crippen molar-refractivity contribution in [2.75, 3.05) is 11.9 Å². The zero-order valence-electron chi connectivity index (χ0n) is 11.7. The van der Waals surface area contributed by atoms with Crippen molar-refractivity contribution in [2.45, 2.75) is 6.92 Å². The monoisotopic (exact) mass is 301 g/mol. The van der Waals surface area contributed by atoms with Gasteiger partial charge in [-0.05, 0) is 48.9 Å².